The first-order valence-electron chi connectivity index (χ1n) is 11.7. The van der Waals surface area contributed by atoms with Gasteiger partial charge in [0.25, 0.3) is 0 Å². The van der Waals surface area contributed by atoms with E-state index in [1.54, 1.807) is 0 Å². The van der Waals surface area contributed by atoms with Gasteiger partial charge in [-0.05, 0) is 6.42 Å². The molecule has 2 rings (SSSR count). The third kappa shape index (κ3) is 14.6. The Labute approximate surface area is 276 Å². The normalized spacial score (nSPS) is 31.7. The van der Waals surface area contributed by atoms with Crippen LogP contribution >= 0.6 is 12.3 Å². The molecule has 1 heterocycles. The summed E-state index contributed by atoms with van der Waals surface area (Å²) in [6.07, 6.45) is -16.8. The fourth-order valence-electron chi connectivity index (χ4n) is 4.42. The minimum Gasteiger partial charge on any atom is -0.339 e. The Morgan fingerprint density at radius 1 is 0.653 bits per heavy atom. The van der Waals surface area contributed by atoms with Gasteiger partial charge in [0.15, 0.2) is 30.6 Å². The maximum Gasteiger partial charge on any atom is 0.397 e. The smallest absolute Gasteiger partial charge is 0.339 e. The Hall–Kier alpha value is -0.770. The third-order valence-electron chi connectivity index (χ3n) is 5.93. The predicted octanol–water partition coefficient (Wildman–Crippen LogP) is -3.13. The molecule has 0 spiro atoms. The largest absolute Gasteiger partial charge is 0.397 e. The second-order valence-electron chi connectivity index (χ2n) is 8.86. The molecule has 0 aromatic rings. The summed E-state index contributed by atoms with van der Waals surface area (Å²) in [6, 6.07) is 0. The second kappa shape index (κ2) is 18.8. The average molecular weight is 837 g/mol. The molecule has 1 aliphatic heterocycles. The molecule has 2 fully saturated rings. The van der Waals surface area contributed by atoms with E-state index in [2.05, 4.69) is 55.9 Å². The van der Waals surface area contributed by atoms with Gasteiger partial charge < -0.3 is 9.47 Å². The minimum absolute atomic E-state index is 0.475. The van der Waals surface area contributed by atoms with E-state index in [1.807, 2.05) is 0 Å². The van der Waals surface area contributed by atoms with Gasteiger partial charge >= 0.3 is 41.6 Å². The number of hydrogen-bond acceptors (Lipinski definition) is 28. The topological polar surface area (TPSA) is 437 Å². The third-order valence-corrected chi connectivity index (χ3v) is 8.08. The summed E-state index contributed by atoms with van der Waals surface area (Å²) in [5.41, 5.74) is 0. The van der Waals surface area contributed by atoms with E-state index in [0.29, 0.717) is 0 Å². The number of ether oxygens (including phenoxy) is 2. The van der Waals surface area contributed by atoms with Crippen molar-refractivity contribution < 1.29 is 142 Å². The molecule has 0 aromatic heterocycles. The summed E-state index contributed by atoms with van der Waals surface area (Å²) in [7, 11) is -21.9. The van der Waals surface area contributed by atoms with Crippen LogP contribution in [-0.2, 0) is 111 Å². The Bertz CT molecular complexity index is 1450. The van der Waals surface area contributed by atoms with Crippen LogP contribution in [0.1, 0.15) is 6.42 Å². The van der Waals surface area contributed by atoms with Gasteiger partial charge in [0, 0.05) is 5.92 Å². The minimum atomic E-state index is -5.68. The van der Waals surface area contributed by atoms with Gasteiger partial charge in [0.2, 0.25) is 5.79 Å². The van der Waals surface area contributed by atoms with Crippen LogP contribution in [0.5, 0.6) is 0 Å². The van der Waals surface area contributed by atoms with E-state index >= 15 is 0 Å². The van der Waals surface area contributed by atoms with Crippen molar-refractivity contribution in [3.05, 3.63) is 0 Å². The van der Waals surface area contributed by atoms with Gasteiger partial charge in [-0.15, -0.1) is 4.33 Å². The first kappa shape index (κ1) is 44.4. The van der Waals surface area contributed by atoms with E-state index < -0.39 is 135 Å². The van der Waals surface area contributed by atoms with Crippen LogP contribution in [0.4, 0.5) is 0 Å². The Morgan fingerprint density at radius 2 is 1.18 bits per heavy atom. The summed E-state index contributed by atoms with van der Waals surface area (Å²) in [4.78, 5) is 13.6. The Balaban J connectivity index is 2.79. The molecule has 36 heteroatoms. The molecule has 3 unspecified atom stereocenters. The molecule has 0 bridgehead atoms. The SMILES string of the molecule is O=S(=O)(O)OCC1C[C@H](O[C@]2(COS(=O)(=O)O)O[C@H](COS(=O)(=O)O)[C@H](OS(=O)(=O)O)C2OSOOO)C(OOO)[C@@H](OOO)[C@@H]1OOO. The maximum absolute atomic E-state index is 11.7. The van der Waals surface area contributed by atoms with Gasteiger partial charge in [-0.2, -0.15) is 48.3 Å². The summed E-state index contributed by atoms with van der Waals surface area (Å²) in [5, 5.41) is 49.3. The van der Waals surface area contributed by atoms with Crippen molar-refractivity contribution in [2.24, 2.45) is 5.92 Å². The van der Waals surface area contributed by atoms with E-state index in [1.165, 1.54) is 0 Å². The Kier molecular flexibility index (Phi) is 17.1. The Morgan fingerprint density at radius 3 is 1.69 bits per heavy atom. The van der Waals surface area contributed by atoms with Crippen molar-refractivity contribution >= 4 is 53.9 Å². The molecule has 49 heavy (non-hydrogen) atoms. The van der Waals surface area contributed by atoms with Gasteiger partial charge in [0.1, 0.15) is 24.9 Å². The molecule has 0 amide bonds. The van der Waals surface area contributed by atoms with E-state index in [9.17, 15) is 42.8 Å². The molecular formula is C13H24O31S5. The number of hydrogen-bond donors (Lipinski definition) is 8. The lowest BCUT2D eigenvalue weighted by molar-refractivity contribution is -0.582. The second-order valence-corrected chi connectivity index (χ2v) is 13.6. The zero-order valence-electron chi connectivity index (χ0n) is 23.0. The van der Waals surface area contributed by atoms with Crippen LogP contribution in [0.2, 0.25) is 0 Å². The fourth-order valence-corrected chi connectivity index (χ4v) is 6.29. The van der Waals surface area contributed by atoms with Crippen LogP contribution in [0.3, 0.4) is 0 Å². The highest BCUT2D eigenvalue weighted by Crippen LogP contribution is 2.44. The van der Waals surface area contributed by atoms with Crippen molar-refractivity contribution in [1.82, 2.24) is 0 Å². The lowest BCUT2D eigenvalue weighted by Crippen LogP contribution is -2.62. The summed E-state index contributed by atoms with van der Waals surface area (Å²) in [5.74, 6) is -4.94. The van der Waals surface area contributed by atoms with Crippen molar-refractivity contribution in [2.45, 2.75) is 54.9 Å². The summed E-state index contributed by atoms with van der Waals surface area (Å²) < 4.78 is 166. The van der Waals surface area contributed by atoms with Gasteiger partial charge in [-0.3, -0.25) is 22.4 Å². The molecular weight excluding hydrogens is 812 g/mol. The molecule has 0 aromatic carbocycles. The fraction of sp³-hybridized carbons (Fsp3) is 1.00. The van der Waals surface area contributed by atoms with Crippen LogP contribution in [0, 0.1) is 5.92 Å². The van der Waals surface area contributed by atoms with Crippen LogP contribution < -0.4 is 0 Å². The highest BCUT2D eigenvalue weighted by atomic mass is 32.3. The van der Waals surface area contributed by atoms with Crippen LogP contribution in [-0.4, -0.2) is 141 Å². The molecule has 31 nitrogen and oxygen atoms in total. The quantitative estimate of drug-likeness (QED) is 0.0166. The zero-order chi connectivity index (χ0) is 37.3. The predicted molar refractivity (Wildman–Crippen MR) is 133 cm³/mol. The molecule has 8 N–H and O–H groups in total. The lowest BCUT2D eigenvalue weighted by Gasteiger charge is -2.45. The molecule has 1 saturated carbocycles. The first-order chi connectivity index (χ1) is 22.6. The lowest BCUT2D eigenvalue weighted by atomic mass is 9.81. The standard InChI is InChI=1S/C13H24O31S5/c14-40-35-8-5(2-30-46(18,19)20)1-6(9(36-41-15)11(8)37-42-16)33-13(4-32-48(24,25)26)12(38-45-44-43-17)10(39-49(27,28)29)7(34-13)3-31-47(21,22)23/h5-12,14-17H,1-4H2,(H,18,19,20)(H,21,22,23)(H,24,25,26)(H,27,28,29)/t5?,6-,7+,8+,9?,10-,11-,12?,13+/m0/s1. The monoisotopic (exact) mass is 836 g/mol. The van der Waals surface area contributed by atoms with Crippen molar-refractivity contribution in [1.29, 1.82) is 0 Å². The van der Waals surface area contributed by atoms with Gasteiger partial charge in [-0.1, -0.05) is 20.2 Å². The molecule has 1 aliphatic carbocycles. The molecule has 0 radical (unpaired) electrons. The molecule has 9 atom stereocenters. The van der Waals surface area contributed by atoms with E-state index in [0.717, 1.165) is 0 Å². The molecule has 292 valence electrons. The van der Waals surface area contributed by atoms with Gasteiger partial charge in [-0.25, -0.2) is 37.8 Å². The summed E-state index contributed by atoms with van der Waals surface area (Å²) in [6.45, 7) is -4.47. The summed E-state index contributed by atoms with van der Waals surface area (Å²) >= 11 is -0.475. The highest BCUT2D eigenvalue weighted by molar-refractivity contribution is 7.89. The maximum atomic E-state index is 11.7. The van der Waals surface area contributed by atoms with Gasteiger partial charge in [0.05, 0.1) is 19.3 Å². The van der Waals surface area contributed by atoms with E-state index in [4.69, 9.17) is 43.8 Å². The van der Waals surface area contributed by atoms with Crippen molar-refractivity contribution in [3.8, 4) is 0 Å². The van der Waals surface area contributed by atoms with Crippen molar-refractivity contribution in [2.75, 3.05) is 19.8 Å². The average Bonchev–Trinajstić information content (AvgIpc) is 3.22. The highest BCUT2D eigenvalue weighted by Gasteiger charge is 2.64. The zero-order valence-corrected chi connectivity index (χ0v) is 27.0. The molecule has 1 saturated heterocycles. The van der Waals surface area contributed by atoms with E-state index in [-0.39, 0.29) is 0 Å². The molecule has 2 aliphatic rings. The number of rotatable bonds is 23. The van der Waals surface area contributed by atoms with Crippen LogP contribution in [0.25, 0.3) is 0 Å². The van der Waals surface area contributed by atoms with Crippen LogP contribution in [0.15, 0.2) is 0 Å². The first-order valence-corrected chi connectivity index (χ1v) is 17.8. The van der Waals surface area contributed by atoms with Crippen molar-refractivity contribution in [3.63, 3.8) is 0 Å².